The predicted octanol–water partition coefficient (Wildman–Crippen LogP) is 1.03. The van der Waals surface area contributed by atoms with E-state index in [1.165, 1.54) is 0 Å². The molecule has 1 N–H and O–H groups in total. The monoisotopic (exact) mass is 188 g/mol. The second-order valence-corrected chi connectivity index (χ2v) is 3.45. The maximum Gasteiger partial charge on any atom is 0.227 e. The zero-order chi connectivity index (χ0) is 8.97. The molecule has 0 fully saturated rings. The summed E-state index contributed by atoms with van der Waals surface area (Å²) < 4.78 is 4.89. The van der Waals surface area contributed by atoms with Crippen molar-refractivity contribution in [2.45, 2.75) is 19.4 Å². The van der Waals surface area contributed by atoms with E-state index in [0.717, 1.165) is 12.2 Å². The van der Waals surface area contributed by atoms with Gasteiger partial charge in [-0.2, -0.15) is 16.7 Å². The van der Waals surface area contributed by atoms with Gasteiger partial charge in [-0.05, 0) is 13.2 Å². The molecule has 5 heteroatoms. The molecule has 0 spiro atoms. The van der Waals surface area contributed by atoms with Crippen LogP contribution in [-0.4, -0.2) is 27.3 Å². The summed E-state index contributed by atoms with van der Waals surface area (Å²) in [4.78, 5) is 4.01. The summed E-state index contributed by atoms with van der Waals surface area (Å²) >= 11 is 1.72. The first kappa shape index (κ1) is 9.54. The Kier molecular flexibility index (Phi) is 3.55. The van der Waals surface area contributed by atoms with Crippen LogP contribution in [0.2, 0.25) is 0 Å². The van der Waals surface area contributed by atoms with Crippen LogP contribution in [0, 0.1) is 0 Å². The lowest BCUT2D eigenvalue weighted by atomic mass is 10.4. The Bertz CT molecular complexity index is 237. The van der Waals surface area contributed by atoms with E-state index in [1.807, 2.05) is 6.26 Å². The molecule has 0 saturated heterocycles. The summed E-state index contributed by atoms with van der Waals surface area (Å²) in [6, 6.07) is 0. The Labute approximate surface area is 75.4 Å². The van der Waals surface area contributed by atoms with Crippen molar-refractivity contribution in [1.82, 2.24) is 10.1 Å². The fraction of sp³-hybridized carbons (Fsp3) is 0.714. The van der Waals surface area contributed by atoms with E-state index in [1.54, 1.807) is 18.7 Å². The van der Waals surface area contributed by atoms with Crippen LogP contribution in [0.4, 0.5) is 0 Å². The van der Waals surface area contributed by atoms with E-state index in [2.05, 4.69) is 10.1 Å². The molecule has 1 unspecified atom stereocenters. The molecule has 68 valence electrons. The van der Waals surface area contributed by atoms with Gasteiger partial charge < -0.3 is 9.63 Å². The number of hydrogen-bond donors (Lipinski definition) is 1. The van der Waals surface area contributed by atoms with Crippen LogP contribution in [0.1, 0.15) is 24.7 Å². The summed E-state index contributed by atoms with van der Waals surface area (Å²) in [5.41, 5.74) is 0. The van der Waals surface area contributed by atoms with E-state index < -0.39 is 6.10 Å². The van der Waals surface area contributed by atoms with Crippen LogP contribution in [-0.2, 0) is 6.42 Å². The number of thioether (sulfide) groups is 1. The molecule has 1 aromatic rings. The Hall–Kier alpha value is -0.550. The minimum absolute atomic E-state index is 0.367. The molecular formula is C7H12N2O2S. The molecule has 12 heavy (non-hydrogen) atoms. The first-order chi connectivity index (χ1) is 5.74. The first-order valence-electron chi connectivity index (χ1n) is 3.73. The van der Waals surface area contributed by atoms with Crippen molar-refractivity contribution >= 4 is 11.8 Å². The van der Waals surface area contributed by atoms with Crippen LogP contribution in [0.5, 0.6) is 0 Å². The fourth-order valence-corrected chi connectivity index (χ4v) is 1.11. The molecule has 0 aromatic carbocycles. The van der Waals surface area contributed by atoms with Crippen LogP contribution in [0.25, 0.3) is 0 Å². The quantitative estimate of drug-likeness (QED) is 0.764. The van der Waals surface area contributed by atoms with E-state index in [-0.39, 0.29) is 0 Å². The Morgan fingerprint density at radius 3 is 2.92 bits per heavy atom. The number of nitrogens with zero attached hydrogens (tertiary/aromatic N) is 2. The van der Waals surface area contributed by atoms with Gasteiger partial charge in [-0.1, -0.05) is 5.16 Å². The van der Waals surface area contributed by atoms with E-state index in [0.29, 0.717) is 11.7 Å². The molecule has 0 radical (unpaired) electrons. The van der Waals surface area contributed by atoms with Gasteiger partial charge in [0.2, 0.25) is 5.89 Å². The topological polar surface area (TPSA) is 59.2 Å². The number of hydrogen-bond acceptors (Lipinski definition) is 5. The van der Waals surface area contributed by atoms with E-state index in [9.17, 15) is 0 Å². The molecule has 0 bridgehead atoms. The third-order valence-electron chi connectivity index (χ3n) is 1.38. The molecule has 0 aliphatic carbocycles. The third kappa shape index (κ3) is 2.49. The highest BCUT2D eigenvalue weighted by Gasteiger charge is 2.09. The average Bonchev–Trinajstić information content (AvgIpc) is 2.48. The summed E-state index contributed by atoms with van der Waals surface area (Å²) in [6.07, 6.45) is 2.14. The van der Waals surface area contributed by atoms with Gasteiger partial charge in [-0.3, -0.25) is 0 Å². The van der Waals surface area contributed by atoms with Crippen molar-refractivity contribution in [3.63, 3.8) is 0 Å². The standard InChI is InChI=1S/C7H12N2O2S/c1-5(10)7-8-6(11-9-7)3-4-12-2/h5,10H,3-4H2,1-2H3. The Balaban J connectivity index is 2.52. The lowest BCUT2D eigenvalue weighted by molar-refractivity contribution is 0.184. The zero-order valence-corrected chi connectivity index (χ0v) is 7.97. The van der Waals surface area contributed by atoms with E-state index in [4.69, 9.17) is 9.63 Å². The lowest BCUT2D eigenvalue weighted by Gasteiger charge is -1.92. The lowest BCUT2D eigenvalue weighted by Crippen LogP contribution is -1.94. The van der Waals surface area contributed by atoms with Gasteiger partial charge in [0.05, 0.1) is 0 Å². The molecule has 0 aliphatic rings. The maximum absolute atomic E-state index is 9.07. The second-order valence-electron chi connectivity index (χ2n) is 2.47. The molecule has 0 aliphatic heterocycles. The molecule has 1 heterocycles. The normalized spacial score (nSPS) is 13.2. The fourth-order valence-electron chi connectivity index (χ4n) is 0.729. The predicted molar refractivity (Wildman–Crippen MR) is 47.0 cm³/mol. The van der Waals surface area contributed by atoms with Crippen molar-refractivity contribution in [2.75, 3.05) is 12.0 Å². The highest BCUT2D eigenvalue weighted by molar-refractivity contribution is 7.98. The number of aromatic nitrogens is 2. The van der Waals surface area contributed by atoms with Crippen LogP contribution >= 0.6 is 11.8 Å². The van der Waals surface area contributed by atoms with Gasteiger partial charge in [-0.25, -0.2) is 0 Å². The maximum atomic E-state index is 9.07. The second kappa shape index (κ2) is 4.47. The summed E-state index contributed by atoms with van der Waals surface area (Å²) in [5.74, 6) is 1.92. The van der Waals surface area contributed by atoms with Gasteiger partial charge in [0.25, 0.3) is 0 Å². The van der Waals surface area contributed by atoms with Gasteiger partial charge >= 0.3 is 0 Å². The minimum atomic E-state index is -0.642. The largest absolute Gasteiger partial charge is 0.385 e. The van der Waals surface area contributed by atoms with Crippen molar-refractivity contribution in [3.8, 4) is 0 Å². The molecule has 1 atom stereocenters. The smallest absolute Gasteiger partial charge is 0.227 e. The van der Waals surface area contributed by atoms with Crippen molar-refractivity contribution in [1.29, 1.82) is 0 Å². The van der Waals surface area contributed by atoms with Gasteiger partial charge in [-0.15, -0.1) is 0 Å². The molecule has 0 amide bonds. The summed E-state index contributed by atoms with van der Waals surface area (Å²) in [6.45, 7) is 1.61. The number of aliphatic hydroxyl groups excluding tert-OH is 1. The molecule has 4 nitrogen and oxygen atoms in total. The van der Waals surface area contributed by atoms with Crippen LogP contribution < -0.4 is 0 Å². The van der Waals surface area contributed by atoms with Gasteiger partial charge in [0.1, 0.15) is 6.10 Å². The molecule has 1 aromatic heterocycles. The molecular weight excluding hydrogens is 176 g/mol. The highest BCUT2D eigenvalue weighted by atomic mass is 32.2. The zero-order valence-electron chi connectivity index (χ0n) is 7.15. The van der Waals surface area contributed by atoms with Crippen LogP contribution in [0.3, 0.4) is 0 Å². The van der Waals surface area contributed by atoms with Gasteiger partial charge in [0, 0.05) is 12.2 Å². The molecule has 0 saturated carbocycles. The first-order valence-corrected chi connectivity index (χ1v) is 5.13. The minimum Gasteiger partial charge on any atom is -0.385 e. The number of rotatable bonds is 4. The number of aryl methyl sites for hydroxylation is 1. The summed E-state index contributed by atoms with van der Waals surface area (Å²) in [5, 5.41) is 12.7. The molecule has 1 rings (SSSR count). The SMILES string of the molecule is CSCCc1nc(C(C)O)no1. The van der Waals surface area contributed by atoms with Crippen molar-refractivity contribution in [2.24, 2.45) is 0 Å². The van der Waals surface area contributed by atoms with Crippen molar-refractivity contribution in [3.05, 3.63) is 11.7 Å². The Morgan fingerprint density at radius 2 is 2.42 bits per heavy atom. The third-order valence-corrected chi connectivity index (χ3v) is 1.99. The highest BCUT2D eigenvalue weighted by Crippen LogP contribution is 2.08. The van der Waals surface area contributed by atoms with E-state index >= 15 is 0 Å². The Morgan fingerprint density at radius 1 is 1.67 bits per heavy atom. The van der Waals surface area contributed by atoms with Crippen molar-refractivity contribution < 1.29 is 9.63 Å². The summed E-state index contributed by atoms with van der Waals surface area (Å²) in [7, 11) is 0. The van der Waals surface area contributed by atoms with Crippen LogP contribution in [0.15, 0.2) is 4.52 Å². The number of aliphatic hydroxyl groups is 1. The van der Waals surface area contributed by atoms with Gasteiger partial charge in [0.15, 0.2) is 5.82 Å². The average molecular weight is 188 g/mol.